The molecule has 0 radical (unpaired) electrons. The van der Waals surface area contributed by atoms with Crippen LogP contribution in [-0.4, -0.2) is 54.0 Å². The average Bonchev–Trinajstić information content (AvgIpc) is 3.21. The Hall–Kier alpha value is -2.23. The molecule has 0 saturated heterocycles. The van der Waals surface area contributed by atoms with Gasteiger partial charge in [0.1, 0.15) is 9.46 Å². The molecule has 1 aromatic carbocycles. The Kier molecular flexibility index (Phi) is 8.16. The van der Waals surface area contributed by atoms with Crippen LogP contribution in [0, 0.1) is 0 Å². The number of rotatable bonds is 9. The molecular formula is C19H26N3O4S2+. The highest BCUT2D eigenvalue weighted by Crippen LogP contribution is 2.30. The molecule has 7 nitrogen and oxygen atoms in total. The summed E-state index contributed by atoms with van der Waals surface area (Å²) in [7, 11) is 0.319. The van der Waals surface area contributed by atoms with Gasteiger partial charge in [-0.1, -0.05) is 36.4 Å². The molecule has 0 bridgehead atoms. The van der Waals surface area contributed by atoms with Gasteiger partial charge in [0, 0.05) is 19.5 Å². The molecule has 1 atom stereocenters. The molecule has 3 N–H and O–H groups in total. The molecular weight excluding hydrogens is 398 g/mol. The van der Waals surface area contributed by atoms with E-state index in [1.807, 2.05) is 14.1 Å². The smallest absolute Gasteiger partial charge is 0.309 e. The minimum Gasteiger partial charge on any atom is -0.348 e. The van der Waals surface area contributed by atoms with E-state index in [1.54, 1.807) is 41.8 Å². The van der Waals surface area contributed by atoms with Gasteiger partial charge in [0.2, 0.25) is 0 Å². The maximum absolute atomic E-state index is 13.0. The van der Waals surface area contributed by atoms with Crippen LogP contribution in [-0.2, 0) is 19.4 Å². The highest BCUT2D eigenvalue weighted by Gasteiger charge is 2.31. The van der Waals surface area contributed by atoms with Gasteiger partial charge in [0.15, 0.2) is 9.84 Å². The number of hydrogen-bond donors (Lipinski definition) is 3. The topological polar surface area (TPSA) is 96.8 Å². The number of benzene rings is 1. The summed E-state index contributed by atoms with van der Waals surface area (Å²) >= 11 is 1.13. The predicted molar refractivity (Wildman–Crippen MR) is 109 cm³/mol. The van der Waals surface area contributed by atoms with Gasteiger partial charge in [-0.2, -0.15) is 0 Å². The molecule has 0 fully saturated rings. The minimum absolute atomic E-state index is 0.182. The summed E-state index contributed by atoms with van der Waals surface area (Å²) in [6.07, 6.45) is 0.751. The summed E-state index contributed by atoms with van der Waals surface area (Å²) in [5, 5.41) is 5.74. The monoisotopic (exact) mass is 424 g/mol. The standard InChI is InChI=1S/C19H25N3O4S2/c1-22(2)12-7-11-20-18(23)19(24)21-14-16(15-8-4-3-5-9-15)28(25,26)17-10-6-13-27-17/h3-6,8-10,13,16H,7,11-12,14H2,1-2H3,(H,20,23)(H,21,24)/p+1/t16-/m1/s1. The maximum Gasteiger partial charge on any atom is 0.309 e. The second-order valence-corrected chi connectivity index (χ2v) is 9.96. The Labute approximate surface area is 169 Å². The van der Waals surface area contributed by atoms with Crippen molar-refractivity contribution in [1.29, 1.82) is 0 Å². The Morgan fingerprint density at radius 3 is 2.32 bits per heavy atom. The van der Waals surface area contributed by atoms with Gasteiger partial charge in [-0.25, -0.2) is 8.42 Å². The Morgan fingerprint density at radius 1 is 1.04 bits per heavy atom. The minimum atomic E-state index is -3.69. The van der Waals surface area contributed by atoms with Gasteiger partial charge in [0.05, 0.1) is 20.6 Å². The highest BCUT2D eigenvalue weighted by molar-refractivity contribution is 7.93. The third-order valence-corrected chi connectivity index (χ3v) is 7.65. The van der Waals surface area contributed by atoms with E-state index >= 15 is 0 Å². The van der Waals surface area contributed by atoms with Gasteiger partial charge in [0.25, 0.3) is 0 Å². The first-order chi connectivity index (χ1) is 13.3. The van der Waals surface area contributed by atoms with E-state index < -0.39 is 26.9 Å². The third kappa shape index (κ3) is 6.15. The molecule has 28 heavy (non-hydrogen) atoms. The van der Waals surface area contributed by atoms with Crippen LogP contribution in [0.1, 0.15) is 17.2 Å². The van der Waals surface area contributed by atoms with Crippen molar-refractivity contribution in [2.45, 2.75) is 15.9 Å². The zero-order valence-electron chi connectivity index (χ0n) is 16.0. The summed E-state index contributed by atoms with van der Waals surface area (Å²) in [5.41, 5.74) is 0.561. The van der Waals surface area contributed by atoms with Gasteiger partial charge < -0.3 is 15.5 Å². The lowest BCUT2D eigenvalue weighted by atomic mass is 10.1. The van der Waals surface area contributed by atoms with Crippen molar-refractivity contribution >= 4 is 33.0 Å². The van der Waals surface area contributed by atoms with E-state index in [-0.39, 0.29) is 10.8 Å². The van der Waals surface area contributed by atoms with Crippen LogP contribution in [0.5, 0.6) is 0 Å². The first-order valence-corrected chi connectivity index (χ1v) is 11.4. The van der Waals surface area contributed by atoms with E-state index in [1.165, 1.54) is 11.0 Å². The molecule has 0 aliphatic heterocycles. The van der Waals surface area contributed by atoms with Crippen LogP contribution in [0.25, 0.3) is 0 Å². The van der Waals surface area contributed by atoms with Crippen LogP contribution < -0.4 is 15.5 Å². The Balaban J connectivity index is 2.04. The number of quaternary nitrogens is 1. The lowest BCUT2D eigenvalue weighted by Crippen LogP contribution is -3.05. The summed E-state index contributed by atoms with van der Waals surface area (Å²) in [6.45, 7) is 1.09. The van der Waals surface area contributed by atoms with Crippen molar-refractivity contribution in [3.05, 3.63) is 53.4 Å². The summed E-state index contributed by atoms with van der Waals surface area (Å²) in [4.78, 5) is 25.3. The molecule has 1 heterocycles. The first kappa shape index (κ1) is 22.1. The largest absolute Gasteiger partial charge is 0.348 e. The number of thiophene rings is 1. The number of amides is 2. The van der Waals surface area contributed by atoms with E-state index in [0.717, 1.165) is 24.3 Å². The molecule has 1 aromatic heterocycles. The second-order valence-electron chi connectivity index (χ2n) is 6.65. The molecule has 0 aliphatic carbocycles. The third-order valence-electron chi connectivity index (χ3n) is 4.11. The SMILES string of the molecule is C[NH+](C)CCCNC(=O)C(=O)NC[C@H](c1ccccc1)S(=O)(=O)c1cccs1. The van der Waals surface area contributed by atoms with Crippen molar-refractivity contribution in [3.8, 4) is 0 Å². The van der Waals surface area contributed by atoms with Crippen molar-refractivity contribution in [2.75, 3.05) is 33.7 Å². The van der Waals surface area contributed by atoms with Crippen LogP contribution in [0.4, 0.5) is 0 Å². The van der Waals surface area contributed by atoms with Crippen molar-refractivity contribution in [1.82, 2.24) is 10.6 Å². The van der Waals surface area contributed by atoms with E-state index in [2.05, 4.69) is 10.6 Å². The fourth-order valence-corrected chi connectivity index (χ4v) is 5.50. The molecule has 2 amide bonds. The zero-order chi connectivity index (χ0) is 20.6. The van der Waals surface area contributed by atoms with Crippen molar-refractivity contribution in [3.63, 3.8) is 0 Å². The van der Waals surface area contributed by atoms with E-state index in [9.17, 15) is 18.0 Å². The molecule has 2 aromatic rings. The molecule has 0 spiro atoms. The zero-order valence-corrected chi connectivity index (χ0v) is 17.6. The van der Waals surface area contributed by atoms with Crippen LogP contribution >= 0.6 is 11.3 Å². The average molecular weight is 425 g/mol. The van der Waals surface area contributed by atoms with Crippen LogP contribution in [0.3, 0.4) is 0 Å². The molecule has 9 heteroatoms. The normalized spacial score (nSPS) is 12.5. The Morgan fingerprint density at radius 2 is 1.71 bits per heavy atom. The lowest BCUT2D eigenvalue weighted by Gasteiger charge is -2.18. The van der Waals surface area contributed by atoms with Crippen LogP contribution in [0.2, 0.25) is 0 Å². The number of hydrogen-bond acceptors (Lipinski definition) is 5. The number of carbonyl (C=O) groups is 2. The summed E-state index contributed by atoms with van der Waals surface area (Å²) in [6, 6.07) is 11.9. The second kappa shape index (κ2) is 10.4. The van der Waals surface area contributed by atoms with Gasteiger partial charge in [-0.15, -0.1) is 11.3 Å². The van der Waals surface area contributed by atoms with Crippen molar-refractivity contribution in [2.24, 2.45) is 0 Å². The van der Waals surface area contributed by atoms with Gasteiger partial charge in [-0.05, 0) is 17.0 Å². The highest BCUT2D eigenvalue weighted by atomic mass is 32.2. The van der Waals surface area contributed by atoms with Gasteiger partial charge >= 0.3 is 11.8 Å². The Bertz CT molecular complexity index is 866. The predicted octanol–water partition coefficient (Wildman–Crippen LogP) is 0.0301. The number of sulfone groups is 1. The van der Waals surface area contributed by atoms with Gasteiger partial charge in [-0.3, -0.25) is 9.59 Å². The van der Waals surface area contributed by atoms with E-state index in [0.29, 0.717) is 12.1 Å². The molecule has 0 saturated carbocycles. The van der Waals surface area contributed by atoms with Crippen molar-refractivity contribution < 1.29 is 22.9 Å². The first-order valence-electron chi connectivity index (χ1n) is 8.99. The molecule has 2 rings (SSSR count). The maximum atomic E-state index is 13.0. The summed E-state index contributed by atoms with van der Waals surface area (Å²) in [5.74, 6) is -1.59. The summed E-state index contributed by atoms with van der Waals surface area (Å²) < 4.78 is 26.2. The quantitative estimate of drug-likeness (QED) is 0.391. The lowest BCUT2D eigenvalue weighted by molar-refractivity contribution is -0.858. The number of carbonyl (C=O) groups excluding carboxylic acids is 2. The van der Waals surface area contributed by atoms with E-state index in [4.69, 9.17) is 0 Å². The molecule has 0 unspecified atom stereocenters. The molecule has 152 valence electrons. The fraction of sp³-hybridized carbons (Fsp3) is 0.368. The van der Waals surface area contributed by atoms with Crippen LogP contribution in [0.15, 0.2) is 52.1 Å². The number of nitrogens with one attached hydrogen (secondary N) is 3. The fourth-order valence-electron chi connectivity index (χ4n) is 2.63. The molecule has 0 aliphatic rings.